The minimum Gasteiger partial charge on any atom is -0.508 e. The van der Waals surface area contributed by atoms with Crippen molar-refractivity contribution in [2.24, 2.45) is 0 Å². The fourth-order valence-corrected chi connectivity index (χ4v) is 2.38. The Labute approximate surface area is 98.9 Å². The van der Waals surface area contributed by atoms with E-state index in [9.17, 15) is 5.11 Å². The molecule has 0 unspecified atom stereocenters. The van der Waals surface area contributed by atoms with E-state index in [0.29, 0.717) is 5.75 Å². The summed E-state index contributed by atoms with van der Waals surface area (Å²) < 4.78 is 0. The van der Waals surface area contributed by atoms with Crippen LogP contribution in [0.3, 0.4) is 0 Å². The molecule has 1 aromatic rings. The molecule has 0 saturated heterocycles. The molecule has 1 rings (SSSR count). The molecule has 0 atom stereocenters. The van der Waals surface area contributed by atoms with Gasteiger partial charge in [-0.2, -0.15) is 0 Å². The molecule has 2 heteroatoms. The maximum absolute atomic E-state index is 9.33. The van der Waals surface area contributed by atoms with E-state index in [0.717, 1.165) is 5.69 Å². The van der Waals surface area contributed by atoms with E-state index < -0.39 is 0 Å². The summed E-state index contributed by atoms with van der Waals surface area (Å²) in [5, 5.41) is 9.33. The van der Waals surface area contributed by atoms with Gasteiger partial charge in [0.1, 0.15) is 5.75 Å². The van der Waals surface area contributed by atoms with Crippen LogP contribution in [0.2, 0.25) is 0 Å². The van der Waals surface area contributed by atoms with E-state index in [4.69, 9.17) is 0 Å². The largest absolute Gasteiger partial charge is 0.508 e. The van der Waals surface area contributed by atoms with Crippen LogP contribution in [0, 0.1) is 0 Å². The molecule has 0 aliphatic rings. The molecular formula is C14H23NO. The van der Waals surface area contributed by atoms with Crippen molar-refractivity contribution in [2.75, 3.05) is 4.90 Å². The molecular weight excluding hydrogens is 198 g/mol. The van der Waals surface area contributed by atoms with Crippen LogP contribution in [-0.2, 0) is 0 Å². The van der Waals surface area contributed by atoms with E-state index in [1.165, 1.54) is 0 Å². The molecule has 0 amide bonds. The summed E-state index contributed by atoms with van der Waals surface area (Å²) in [7, 11) is 0. The summed E-state index contributed by atoms with van der Waals surface area (Å²) in [6.45, 7) is 13.2. The Morgan fingerprint density at radius 1 is 0.812 bits per heavy atom. The molecule has 0 spiro atoms. The van der Waals surface area contributed by atoms with Crippen molar-refractivity contribution in [2.45, 2.75) is 52.6 Å². The zero-order chi connectivity index (χ0) is 12.6. The van der Waals surface area contributed by atoms with E-state index in [1.54, 1.807) is 12.1 Å². The summed E-state index contributed by atoms with van der Waals surface area (Å²) in [6, 6.07) is 7.40. The van der Waals surface area contributed by atoms with Crippen LogP contribution in [0.25, 0.3) is 0 Å². The van der Waals surface area contributed by atoms with Gasteiger partial charge in [-0.25, -0.2) is 0 Å². The van der Waals surface area contributed by atoms with Crippen molar-refractivity contribution in [3.63, 3.8) is 0 Å². The van der Waals surface area contributed by atoms with Crippen LogP contribution < -0.4 is 4.90 Å². The van der Waals surface area contributed by atoms with Crippen LogP contribution in [-0.4, -0.2) is 16.2 Å². The monoisotopic (exact) mass is 221 g/mol. The van der Waals surface area contributed by atoms with Gasteiger partial charge in [0.15, 0.2) is 0 Å². The summed E-state index contributed by atoms with van der Waals surface area (Å²) in [5.41, 5.74) is 1.24. The Balaban J connectivity index is 3.18. The average Bonchev–Trinajstić information content (AvgIpc) is 2.03. The molecule has 0 fully saturated rings. The first-order valence-corrected chi connectivity index (χ1v) is 5.72. The minimum atomic E-state index is 0.0508. The van der Waals surface area contributed by atoms with Crippen LogP contribution in [0.1, 0.15) is 41.5 Å². The topological polar surface area (TPSA) is 23.5 Å². The first kappa shape index (κ1) is 12.9. The number of hydrogen-bond acceptors (Lipinski definition) is 2. The van der Waals surface area contributed by atoms with Gasteiger partial charge in [-0.05, 0) is 65.8 Å². The molecule has 1 aromatic carbocycles. The summed E-state index contributed by atoms with van der Waals surface area (Å²) in [5.74, 6) is 0.312. The second-order valence-electron chi connectivity index (χ2n) is 6.19. The van der Waals surface area contributed by atoms with Gasteiger partial charge < -0.3 is 10.0 Å². The number of nitrogens with zero attached hydrogens (tertiary/aromatic N) is 1. The fraction of sp³-hybridized carbons (Fsp3) is 0.571. The third-order valence-electron chi connectivity index (χ3n) is 2.45. The van der Waals surface area contributed by atoms with Gasteiger partial charge in [0, 0.05) is 16.8 Å². The quantitative estimate of drug-likeness (QED) is 0.779. The van der Waals surface area contributed by atoms with E-state index in [1.807, 2.05) is 12.1 Å². The molecule has 16 heavy (non-hydrogen) atoms. The van der Waals surface area contributed by atoms with E-state index in [-0.39, 0.29) is 11.1 Å². The number of anilines is 1. The highest BCUT2D eigenvalue weighted by atomic mass is 16.3. The van der Waals surface area contributed by atoms with Crippen LogP contribution >= 0.6 is 0 Å². The number of rotatable bonds is 1. The molecule has 0 aliphatic carbocycles. The first-order chi connectivity index (χ1) is 7.12. The third kappa shape index (κ3) is 2.91. The van der Waals surface area contributed by atoms with Crippen molar-refractivity contribution >= 4 is 5.69 Å². The highest BCUT2D eigenvalue weighted by molar-refractivity contribution is 5.52. The van der Waals surface area contributed by atoms with Crippen LogP contribution in [0.4, 0.5) is 5.69 Å². The first-order valence-electron chi connectivity index (χ1n) is 5.72. The predicted molar refractivity (Wildman–Crippen MR) is 70.1 cm³/mol. The summed E-state index contributed by atoms with van der Waals surface area (Å²) in [4.78, 5) is 2.36. The van der Waals surface area contributed by atoms with Gasteiger partial charge in [-0.1, -0.05) is 0 Å². The molecule has 2 nitrogen and oxygen atoms in total. The standard InChI is InChI=1S/C14H23NO/c1-13(2,3)15(14(4,5)6)11-7-9-12(16)10-8-11/h7-10,16H,1-6H3. The van der Waals surface area contributed by atoms with Gasteiger partial charge in [-0.3, -0.25) is 0 Å². The number of phenolic OH excluding ortho intramolecular Hbond substituents is 1. The molecule has 90 valence electrons. The molecule has 1 N–H and O–H groups in total. The fourth-order valence-electron chi connectivity index (χ4n) is 2.38. The highest BCUT2D eigenvalue weighted by Gasteiger charge is 2.31. The Morgan fingerprint density at radius 3 is 1.50 bits per heavy atom. The summed E-state index contributed by atoms with van der Waals surface area (Å²) in [6.07, 6.45) is 0. The lowest BCUT2D eigenvalue weighted by Crippen LogP contribution is -2.53. The summed E-state index contributed by atoms with van der Waals surface area (Å²) >= 11 is 0. The highest BCUT2D eigenvalue weighted by Crippen LogP contribution is 2.32. The maximum atomic E-state index is 9.33. The SMILES string of the molecule is CC(C)(C)N(c1ccc(O)cc1)C(C)(C)C. The van der Waals surface area contributed by atoms with Crippen molar-refractivity contribution in [3.05, 3.63) is 24.3 Å². The molecule has 0 saturated carbocycles. The Morgan fingerprint density at radius 2 is 1.19 bits per heavy atom. The number of hydrogen-bond donors (Lipinski definition) is 1. The number of benzene rings is 1. The van der Waals surface area contributed by atoms with Crippen molar-refractivity contribution in [3.8, 4) is 5.75 Å². The normalized spacial score (nSPS) is 12.6. The van der Waals surface area contributed by atoms with Gasteiger partial charge in [-0.15, -0.1) is 0 Å². The Kier molecular flexibility index (Phi) is 3.22. The van der Waals surface area contributed by atoms with E-state index in [2.05, 4.69) is 46.4 Å². The Bertz CT molecular complexity index is 326. The Hall–Kier alpha value is -1.18. The van der Waals surface area contributed by atoms with Crippen molar-refractivity contribution < 1.29 is 5.11 Å². The van der Waals surface area contributed by atoms with Gasteiger partial charge >= 0.3 is 0 Å². The van der Waals surface area contributed by atoms with Crippen molar-refractivity contribution in [1.29, 1.82) is 0 Å². The molecule has 0 radical (unpaired) electrons. The second kappa shape index (κ2) is 4.00. The lowest BCUT2D eigenvalue weighted by molar-refractivity contribution is 0.380. The van der Waals surface area contributed by atoms with E-state index >= 15 is 0 Å². The molecule has 0 bridgehead atoms. The molecule has 0 aromatic heterocycles. The van der Waals surface area contributed by atoms with Crippen molar-refractivity contribution in [1.82, 2.24) is 0 Å². The molecule has 0 heterocycles. The lowest BCUT2D eigenvalue weighted by Gasteiger charge is -2.47. The zero-order valence-electron chi connectivity index (χ0n) is 11.2. The second-order valence-corrected chi connectivity index (χ2v) is 6.19. The predicted octanol–water partition coefficient (Wildman–Crippen LogP) is 3.80. The number of aromatic hydroxyl groups is 1. The van der Waals surface area contributed by atoms with Crippen LogP contribution in [0.15, 0.2) is 24.3 Å². The smallest absolute Gasteiger partial charge is 0.115 e. The van der Waals surface area contributed by atoms with Gasteiger partial charge in [0.25, 0.3) is 0 Å². The average molecular weight is 221 g/mol. The molecule has 0 aliphatic heterocycles. The number of phenols is 1. The van der Waals surface area contributed by atoms with Crippen LogP contribution in [0.5, 0.6) is 5.75 Å². The third-order valence-corrected chi connectivity index (χ3v) is 2.45. The zero-order valence-corrected chi connectivity index (χ0v) is 11.2. The maximum Gasteiger partial charge on any atom is 0.115 e. The minimum absolute atomic E-state index is 0.0508. The lowest BCUT2D eigenvalue weighted by atomic mass is 9.95. The van der Waals surface area contributed by atoms with Gasteiger partial charge in [0.05, 0.1) is 0 Å². The van der Waals surface area contributed by atoms with Gasteiger partial charge in [0.2, 0.25) is 0 Å².